The average molecular weight is 336 g/mol. The maximum absolute atomic E-state index is 2.41. The molecule has 0 aliphatic heterocycles. The molecule has 0 spiro atoms. The van der Waals surface area contributed by atoms with Crippen LogP contribution in [0.2, 0.25) is 0 Å². The number of rotatable bonds is 2. The SMILES string of the molecule is Cc1cccc(C2(C3=CC=CCC3)C3=C(C=CCC3)c3ccccc32)c1. The van der Waals surface area contributed by atoms with E-state index in [0.717, 1.165) is 25.7 Å². The van der Waals surface area contributed by atoms with E-state index in [1.54, 1.807) is 11.1 Å². The van der Waals surface area contributed by atoms with Crippen molar-refractivity contribution in [3.05, 3.63) is 112 Å². The molecule has 1 unspecified atom stereocenters. The highest BCUT2D eigenvalue weighted by Gasteiger charge is 2.48. The van der Waals surface area contributed by atoms with Crippen LogP contribution in [0.25, 0.3) is 5.57 Å². The summed E-state index contributed by atoms with van der Waals surface area (Å²) in [5.74, 6) is 0. The molecule has 3 aliphatic carbocycles. The lowest BCUT2D eigenvalue weighted by Gasteiger charge is -2.39. The molecule has 0 saturated heterocycles. The average Bonchev–Trinajstić information content (AvgIpc) is 3.00. The quantitative estimate of drug-likeness (QED) is 0.574. The second kappa shape index (κ2) is 5.99. The summed E-state index contributed by atoms with van der Waals surface area (Å²) in [5.41, 5.74) is 10.2. The molecule has 0 bridgehead atoms. The summed E-state index contributed by atoms with van der Waals surface area (Å²) >= 11 is 0. The molecule has 1 atom stereocenters. The van der Waals surface area contributed by atoms with E-state index in [1.165, 1.54) is 27.8 Å². The van der Waals surface area contributed by atoms with Crippen molar-refractivity contribution in [3.8, 4) is 0 Å². The number of fused-ring (bicyclic) bond motifs is 2. The fourth-order valence-electron chi connectivity index (χ4n) is 5.19. The van der Waals surface area contributed by atoms with Crippen molar-refractivity contribution >= 4 is 5.57 Å². The van der Waals surface area contributed by atoms with Gasteiger partial charge in [0, 0.05) is 0 Å². The largest absolute Gasteiger partial charge is 0.0842 e. The molecular weight excluding hydrogens is 312 g/mol. The molecule has 2 aromatic carbocycles. The van der Waals surface area contributed by atoms with Crippen molar-refractivity contribution in [2.75, 3.05) is 0 Å². The summed E-state index contributed by atoms with van der Waals surface area (Å²) < 4.78 is 0. The van der Waals surface area contributed by atoms with E-state index in [-0.39, 0.29) is 5.41 Å². The smallest absolute Gasteiger partial charge is 0.0639 e. The predicted octanol–water partition coefficient (Wildman–Crippen LogP) is 6.67. The summed E-state index contributed by atoms with van der Waals surface area (Å²) in [7, 11) is 0. The van der Waals surface area contributed by atoms with Gasteiger partial charge in [-0.15, -0.1) is 0 Å². The molecule has 0 nitrogen and oxygen atoms in total. The maximum atomic E-state index is 2.41. The zero-order valence-electron chi connectivity index (χ0n) is 15.3. The van der Waals surface area contributed by atoms with Crippen LogP contribution >= 0.6 is 0 Å². The maximum Gasteiger partial charge on any atom is 0.0639 e. The third kappa shape index (κ3) is 2.08. The van der Waals surface area contributed by atoms with Gasteiger partial charge in [-0.3, -0.25) is 0 Å². The Bertz CT molecular complexity index is 996. The van der Waals surface area contributed by atoms with Crippen LogP contribution in [0.15, 0.2) is 90.1 Å². The lowest BCUT2D eigenvalue weighted by atomic mass is 9.63. The van der Waals surface area contributed by atoms with E-state index in [4.69, 9.17) is 0 Å². The summed E-state index contributed by atoms with van der Waals surface area (Å²) in [6.45, 7) is 2.21. The van der Waals surface area contributed by atoms with Crippen LogP contribution in [-0.4, -0.2) is 0 Å². The Kier molecular flexibility index (Phi) is 3.60. The molecule has 0 aromatic heterocycles. The number of benzene rings is 2. The van der Waals surface area contributed by atoms with Gasteiger partial charge in [-0.1, -0.05) is 90.0 Å². The first-order valence-corrected chi connectivity index (χ1v) is 9.75. The fraction of sp³-hybridized carbons (Fsp3) is 0.231. The molecule has 26 heavy (non-hydrogen) atoms. The summed E-state index contributed by atoms with van der Waals surface area (Å²) in [6, 6.07) is 18.3. The van der Waals surface area contributed by atoms with E-state index in [0.29, 0.717) is 0 Å². The van der Waals surface area contributed by atoms with Gasteiger partial charge in [0.2, 0.25) is 0 Å². The van der Waals surface area contributed by atoms with Gasteiger partial charge in [0.05, 0.1) is 5.41 Å². The minimum atomic E-state index is -0.0898. The first kappa shape index (κ1) is 15.6. The molecule has 0 saturated carbocycles. The Balaban J connectivity index is 1.90. The van der Waals surface area contributed by atoms with Gasteiger partial charge >= 0.3 is 0 Å². The minimum Gasteiger partial charge on any atom is -0.0842 e. The van der Waals surface area contributed by atoms with Gasteiger partial charge in [0.15, 0.2) is 0 Å². The summed E-state index contributed by atoms with van der Waals surface area (Å²) in [5, 5.41) is 0. The second-order valence-electron chi connectivity index (χ2n) is 7.66. The monoisotopic (exact) mass is 336 g/mol. The van der Waals surface area contributed by atoms with E-state index in [2.05, 4.69) is 85.8 Å². The van der Waals surface area contributed by atoms with Crippen molar-refractivity contribution in [1.82, 2.24) is 0 Å². The van der Waals surface area contributed by atoms with Gasteiger partial charge in [-0.25, -0.2) is 0 Å². The molecule has 3 aliphatic rings. The minimum absolute atomic E-state index is 0.0898. The van der Waals surface area contributed by atoms with Gasteiger partial charge < -0.3 is 0 Å². The number of allylic oxidation sites excluding steroid dienone is 8. The molecule has 128 valence electrons. The van der Waals surface area contributed by atoms with Crippen molar-refractivity contribution in [1.29, 1.82) is 0 Å². The van der Waals surface area contributed by atoms with Gasteiger partial charge in [-0.05, 0) is 60.4 Å². The van der Waals surface area contributed by atoms with Crippen molar-refractivity contribution in [2.24, 2.45) is 0 Å². The van der Waals surface area contributed by atoms with Gasteiger partial charge in [-0.2, -0.15) is 0 Å². The Labute approximate surface area is 156 Å². The van der Waals surface area contributed by atoms with Crippen molar-refractivity contribution < 1.29 is 0 Å². The Morgan fingerprint density at radius 3 is 2.62 bits per heavy atom. The first-order chi connectivity index (χ1) is 12.8. The number of hydrogen-bond donors (Lipinski definition) is 0. The van der Waals surface area contributed by atoms with E-state index < -0.39 is 0 Å². The normalized spacial score (nSPS) is 23.7. The Morgan fingerprint density at radius 1 is 0.885 bits per heavy atom. The molecule has 0 amide bonds. The zero-order chi connectivity index (χ0) is 17.6. The second-order valence-corrected chi connectivity index (χ2v) is 7.66. The first-order valence-electron chi connectivity index (χ1n) is 9.75. The Hall–Kier alpha value is -2.60. The third-order valence-electron chi connectivity index (χ3n) is 6.19. The van der Waals surface area contributed by atoms with E-state index >= 15 is 0 Å². The van der Waals surface area contributed by atoms with Crippen LogP contribution in [-0.2, 0) is 5.41 Å². The Morgan fingerprint density at radius 2 is 1.77 bits per heavy atom. The molecule has 5 rings (SSSR count). The van der Waals surface area contributed by atoms with Crippen LogP contribution in [0, 0.1) is 6.92 Å². The van der Waals surface area contributed by atoms with Crippen LogP contribution in [0.5, 0.6) is 0 Å². The fourth-order valence-corrected chi connectivity index (χ4v) is 5.19. The van der Waals surface area contributed by atoms with Crippen LogP contribution in [0.1, 0.15) is 47.9 Å². The molecule has 0 fully saturated rings. The standard InChI is InChI=1S/C26H24/c1-19-10-9-13-21(18-19)26(20-11-3-2-4-12-20)24-16-7-5-14-22(24)23-15-6-8-17-25(23)26/h2-3,5-7,9-11,13-16,18H,4,8,12,17H2,1H3. The number of hydrogen-bond acceptors (Lipinski definition) is 0. The molecule has 0 heterocycles. The predicted molar refractivity (Wildman–Crippen MR) is 110 cm³/mol. The zero-order valence-corrected chi connectivity index (χ0v) is 15.3. The highest BCUT2D eigenvalue weighted by Crippen LogP contribution is 2.58. The van der Waals surface area contributed by atoms with Gasteiger partial charge in [0.25, 0.3) is 0 Å². The van der Waals surface area contributed by atoms with Crippen LogP contribution < -0.4 is 0 Å². The van der Waals surface area contributed by atoms with Gasteiger partial charge in [0.1, 0.15) is 0 Å². The molecular formula is C26H24. The van der Waals surface area contributed by atoms with E-state index in [1.807, 2.05) is 0 Å². The molecule has 0 radical (unpaired) electrons. The molecule has 0 N–H and O–H groups in total. The lowest BCUT2D eigenvalue weighted by Crippen LogP contribution is -2.32. The highest BCUT2D eigenvalue weighted by molar-refractivity contribution is 5.90. The van der Waals surface area contributed by atoms with Crippen molar-refractivity contribution in [3.63, 3.8) is 0 Å². The molecule has 2 aromatic rings. The van der Waals surface area contributed by atoms with Crippen LogP contribution in [0.3, 0.4) is 0 Å². The summed E-state index contributed by atoms with van der Waals surface area (Å²) in [6.07, 6.45) is 16.2. The summed E-state index contributed by atoms with van der Waals surface area (Å²) in [4.78, 5) is 0. The topological polar surface area (TPSA) is 0 Å². The van der Waals surface area contributed by atoms with E-state index in [9.17, 15) is 0 Å². The van der Waals surface area contributed by atoms with Crippen LogP contribution in [0.4, 0.5) is 0 Å². The number of aryl methyl sites for hydroxylation is 1. The lowest BCUT2D eigenvalue weighted by molar-refractivity contribution is 0.644. The molecule has 0 heteroatoms. The third-order valence-corrected chi connectivity index (χ3v) is 6.19. The highest BCUT2D eigenvalue weighted by atomic mass is 14.5. The van der Waals surface area contributed by atoms with Crippen molar-refractivity contribution in [2.45, 2.75) is 38.0 Å².